The number of amides is 2. The Morgan fingerprint density at radius 3 is 2.86 bits per heavy atom. The average molecular weight is 302 g/mol. The zero-order chi connectivity index (χ0) is 15.9. The Kier molecular flexibility index (Phi) is 3.48. The Morgan fingerprint density at radius 2 is 2.14 bits per heavy atom. The number of aryl methyl sites for hydroxylation is 1. The van der Waals surface area contributed by atoms with Crippen molar-refractivity contribution in [2.75, 3.05) is 13.1 Å². The lowest BCUT2D eigenvalue weighted by Crippen LogP contribution is -2.56. The summed E-state index contributed by atoms with van der Waals surface area (Å²) in [6.45, 7) is 2.84. The van der Waals surface area contributed by atoms with Crippen LogP contribution in [0.1, 0.15) is 23.7 Å². The van der Waals surface area contributed by atoms with Crippen LogP contribution in [0.3, 0.4) is 0 Å². The zero-order valence-corrected chi connectivity index (χ0v) is 12.5. The van der Waals surface area contributed by atoms with Crippen LogP contribution in [-0.2, 0) is 11.8 Å². The number of benzene rings is 1. The summed E-state index contributed by atoms with van der Waals surface area (Å²) in [6.07, 6.45) is 0.571. The van der Waals surface area contributed by atoms with E-state index in [1.807, 2.05) is 6.92 Å². The van der Waals surface area contributed by atoms with E-state index >= 15 is 0 Å². The second kappa shape index (κ2) is 5.32. The molecule has 2 heterocycles. The van der Waals surface area contributed by atoms with Gasteiger partial charge in [-0.3, -0.25) is 14.2 Å². The van der Waals surface area contributed by atoms with Gasteiger partial charge in [0.15, 0.2) is 0 Å². The minimum atomic E-state index is -0.438. The quantitative estimate of drug-likeness (QED) is 0.832. The first kappa shape index (κ1) is 14.4. The van der Waals surface area contributed by atoms with Gasteiger partial charge >= 0.3 is 5.69 Å². The number of hydrogen-bond acceptors (Lipinski definition) is 3. The smallest absolute Gasteiger partial charge is 0.326 e. The van der Waals surface area contributed by atoms with E-state index in [2.05, 4.69) is 10.3 Å². The Hall–Kier alpha value is -2.57. The molecule has 1 aromatic heterocycles. The highest BCUT2D eigenvalue weighted by Crippen LogP contribution is 2.17. The third-order valence-electron chi connectivity index (χ3n) is 4.13. The van der Waals surface area contributed by atoms with Gasteiger partial charge < -0.3 is 15.2 Å². The third kappa shape index (κ3) is 2.18. The van der Waals surface area contributed by atoms with E-state index < -0.39 is 6.04 Å². The number of imidazole rings is 1. The average Bonchev–Trinajstić information content (AvgIpc) is 2.80. The maximum Gasteiger partial charge on any atom is 0.326 e. The van der Waals surface area contributed by atoms with Gasteiger partial charge in [-0.05, 0) is 24.6 Å². The molecule has 7 heteroatoms. The summed E-state index contributed by atoms with van der Waals surface area (Å²) in [7, 11) is 1.67. The van der Waals surface area contributed by atoms with E-state index in [1.165, 1.54) is 4.57 Å². The fourth-order valence-corrected chi connectivity index (χ4v) is 2.90. The number of piperazine rings is 1. The number of carbonyl (C=O) groups excluding carboxylic acids is 2. The molecule has 2 aromatic rings. The van der Waals surface area contributed by atoms with Crippen LogP contribution >= 0.6 is 0 Å². The topological polar surface area (TPSA) is 87.2 Å². The van der Waals surface area contributed by atoms with Crippen LogP contribution in [0.15, 0.2) is 23.0 Å². The molecule has 0 spiro atoms. The molecule has 2 N–H and O–H groups in total. The van der Waals surface area contributed by atoms with Gasteiger partial charge in [-0.15, -0.1) is 0 Å². The van der Waals surface area contributed by atoms with Crippen molar-refractivity contribution in [3.63, 3.8) is 0 Å². The van der Waals surface area contributed by atoms with Crippen LogP contribution < -0.4 is 11.0 Å². The summed E-state index contributed by atoms with van der Waals surface area (Å²) in [5.41, 5.74) is 1.61. The van der Waals surface area contributed by atoms with E-state index in [0.717, 1.165) is 5.52 Å². The van der Waals surface area contributed by atoms with E-state index in [0.29, 0.717) is 30.6 Å². The molecular weight excluding hydrogens is 284 g/mol. The maximum atomic E-state index is 12.7. The summed E-state index contributed by atoms with van der Waals surface area (Å²) in [5, 5.41) is 2.78. The minimum Gasteiger partial charge on any atom is -0.353 e. The number of carbonyl (C=O) groups is 2. The molecule has 0 bridgehead atoms. The lowest BCUT2D eigenvalue weighted by Gasteiger charge is -2.34. The highest BCUT2D eigenvalue weighted by molar-refractivity contribution is 6.00. The van der Waals surface area contributed by atoms with Crippen molar-refractivity contribution < 1.29 is 9.59 Å². The van der Waals surface area contributed by atoms with Gasteiger partial charge in [0.2, 0.25) is 5.91 Å². The molecule has 1 aliphatic heterocycles. The number of aromatic amines is 1. The van der Waals surface area contributed by atoms with E-state index in [9.17, 15) is 14.4 Å². The Labute approximate surface area is 126 Å². The minimum absolute atomic E-state index is 0.115. The van der Waals surface area contributed by atoms with Gasteiger partial charge in [0.05, 0.1) is 11.0 Å². The SMILES string of the molecule is CC[C@@H]1C(=O)NCCN1C(=O)c1ccc2c(c1)[nH]c(=O)n2C. The lowest BCUT2D eigenvalue weighted by atomic mass is 10.1. The second-order valence-corrected chi connectivity index (χ2v) is 5.43. The number of nitrogens with one attached hydrogen (secondary N) is 2. The normalized spacial score (nSPS) is 18.5. The molecular formula is C15H18N4O3. The van der Waals surface area contributed by atoms with Crippen molar-refractivity contribution in [1.29, 1.82) is 0 Å². The van der Waals surface area contributed by atoms with Crippen LogP contribution in [0.2, 0.25) is 0 Å². The number of rotatable bonds is 2. The van der Waals surface area contributed by atoms with Gasteiger partial charge in [-0.1, -0.05) is 6.92 Å². The first-order chi connectivity index (χ1) is 10.5. The number of nitrogens with zero attached hydrogens (tertiary/aromatic N) is 2. The molecule has 0 saturated carbocycles. The Balaban J connectivity index is 1.97. The van der Waals surface area contributed by atoms with E-state index in [4.69, 9.17) is 0 Å². The van der Waals surface area contributed by atoms with Crippen LogP contribution in [0.25, 0.3) is 11.0 Å². The standard InChI is InChI=1S/C15H18N4O3/c1-3-11-13(20)16-6-7-19(11)14(21)9-4-5-12-10(8-9)17-15(22)18(12)2/h4-5,8,11H,3,6-7H2,1-2H3,(H,16,20)(H,17,22)/t11-/m1/s1. The van der Waals surface area contributed by atoms with Gasteiger partial charge in [0.25, 0.3) is 5.91 Å². The van der Waals surface area contributed by atoms with Gasteiger partial charge in [-0.25, -0.2) is 4.79 Å². The summed E-state index contributed by atoms with van der Waals surface area (Å²) in [5.74, 6) is -0.301. The van der Waals surface area contributed by atoms with Crippen molar-refractivity contribution >= 4 is 22.8 Å². The Morgan fingerprint density at radius 1 is 1.36 bits per heavy atom. The van der Waals surface area contributed by atoms with Crippen LogP contribution in [0.5, 0.6) is 0 Å². The van der Waals surface area contributed by atoms with Crippen molar-refractivity contribution in [3.8, 4) is 0 Å². The molecule has 3 rings (SSSR count). The van der Waals surface area contributed by atoms with Crippen molar-refractivity contribution in [3.05, 3.63) is 34.2 Å². The molecule has 0 aliphatic carbocycles. The number of hydrogen-bond donors (Lipinski definition) is 2. The third-order valence-corrected chi connectivity index (χ3v) is 4.13. The van der Waals surface area contributed by atoms with E-state index in [1.54, 1.807) is 30.1 Å². The second-order valence-electron chi connectivity index (χ2n) is 5.43. The Bertz CT molecular complexity index is 805. The van der Waals surface area contributed by atoms with Crippen molar-refractivity contribution in [1.82, 2.24) is 19.8 Å². The van der Waals surface area contributed by atoms with Crippen molar-refractivity contribution in [2.45, 2.75) is 19.4 Å². The molecule has 116 valence electrons. The predicted molar refractivity (Wildman–Crippen MR) is 81.7 cm³/mol. The van der Waals surface area contributed by atoms with Gasteiger partial charge in [0, 0.05) is 25.7 Å². The van der Waals surface area contributed by atoms with Crippen LogP contribution in [0.4, 0.5) is 0 Å². The number of aromatic nitrogens is 2. The first-order valence-corrected chi connectivity index (χ1v) is 7.30. The maximum absolute atomic E-state index is 12.7. The molecule has 22 heavy (non-hydrogen) atoms. The van der Waals surface area contributed by atoms with Crippen LogP contribution in [-0.4, -0.2) is 45.4 Å². The molecule has 1 atom stereocenters. The van der Waals surface area contributed by atoms with Crippen LogP contribution in [0, 0.1) is 0 Å². The molecule has 1 aromatic carbocycles. The molecule has 2 amide bonds. The molecule has 1 fully saturated rings. The van der Waals surface area contributed by atoms with Crippen molar-refractivity contribution in [2.24, 2.45) is 7.05 Å². The van der Waals surface area contributed by atoms with E-state index in [-0.39, 0.29) is 17.5 Å². The predicted octanol–water partition coefficient (Wildman–Crippen LogP) is 0.217. The zero-order valence-electron chi connectivity index (χ0n) is 12.5. The highest BCUT2D eigenvalue weighted by Gasteiger charge is 2.32. The fraction of sp³-hybridized carbons (Fsp3) is 0.400. The van der Waals surface area contributed by atoms with Gasteiger partial charge in [0.1, 0.15) is 6.04 Å². The molecule has 7 nitrogen and oxygen atoms in total. The highest BCUT2D eigenvalue weighted by atomic mass is 16.2. The summed E-state index contributed by atoms with van der Waals surface area (Å²) >= 11 is 0. The fourth-order valence-electron chi connectivity index (χ4n) is 2.90. The molecule has 1 aliphatic rings. The molecule has 0 radical (unpaired) electrons. The largest absolute Gasteiger partial charge is 0.353 e. The lowest BCUT2D eigenvalue weighted by molar-refractivity contribution is -0.127. The number of H-pyrrole nitrogens is 1. The first-order valence-electron chi connectivity index (χ1n) is 7.30. The summed E-state index contributed by atoms with van der Waals surface area (Å²) in [6, 6.07) is 4.66. The summed E-state index contributed by atoms with van der Waals surface area (Å²) < 4.78 is 1.49. The summed E-state index contributed by atoms with van der Waals surface area (Å²) in [4.78, 5) is 40.5. The monoisotopic (exact) mass is 302 g/mol. The molecule has 0 unspecified atom stereocenters. The van der Waals surface area contributed by atoms with Gasteiger partial charge in [-0.2, -0.15) is 0 Å². The molecule has 1 saturated heterocycles. The number of fused-ring (bicyclic) bond motifs is 1.